The van der Waals surface area contributed by atoms with Crippen molar-refractivity contribution in [2.75, 3.05) is 5.88 Å². The molecule has 1 fully saturated rings. The van der Waals surface area contributed by atoms with Gasteiger partial charge < -0.3 is 5.32 Å². The van der Waals surface area contributed by atoms with E-state index in [1.54, 1.807) is 6.07 Å². The molecule has 17 heavy (non-hydrogen) atoms. The van der Waals surface area contributed by atoms with E-state index < -0.39 is 0 Å². The summed E-state index contributed by atoms with van der Waals surface area (Å²) in [5, 5.41) is 3.57. The van der Waals surface area contributed by atoms with Gasteiger partial charge in [-0.1, -0.05) is 18.9 Å². The van der Waals surface area contributed by atoms with E-state index in [0.29, 0.717) is 5.88 Å². The molecule has 0 saturated heterocycles. The van der Waals surface area contributed by atoms with Crippen molar-refractivity contribution in [2.45, 2.75) is 44.7 Å². The van der Waals surface area contributed by atoms with Crippen molar-refractivity contribution in [1.29, 1.82) is 0 Å². The molecule has 1 aliphatic rings. The van der Waals surface area contributed by atoms with Crippen LogP contribution in [0.3, 0.4) is 0 Å². The molecule has 0 radical (unpaired) electrons. The number of hydrogen-bond acceptors (Lipinski definition) is 1. The molecule has 1 aromatic rings. The first-order valence-electron chi connectivity index (χ1n) is 6.21. The second-order valence-corrected chi connectivity index (χ2v) is 5.31. The Hall–Kier alpha value is -0.600. The van der Waals surface area contributed by atoms with Crippen molar-refractivity contribution in [3.63, 3.8) is 0 Å². The van der Waals surface area contributed by atoms with Crippen molar-refractivity contribution in [3.05, 3.63) is 35.1 Å². The summed E-state index contributed by atoms with van der Waals surface area (Å²) in [5.41, 5.74) is 2.26. The highest BCUT2D eigenvalue weighted by Gasteiger charge is 2.32. The predicted molar refractivity (Wildman–Crippen MR) is 69.9 cm³/mol. The van der Waals surface area contributed by atoms with Crippen LogP contribution in [-0.4, -0.2) is 11.4 Å². The Morgan fingerprint density at radius 3 is 2.65 bits per heavy atom. The van der Waals surface area contributed by atoms with Gasteiger partial charge in [0.1, 0.15) is 5.82 Å². The molecule has 1 nitrogen and oxygen atoms in total. The number of benzene rings is 1. The molecule has 1 N–H and O–H groups in total. The molecule has 0 aliphatic heterocycles. The van der Waals surface area contributed by atoms with E-state index in [2.05, 4.69) is 5.32 Å². The Balaban J connectivity index is 2.01. The molecular weight excluding hydrogens is 237 g/mol. The molecule has 0 aromatic heterocycles. The van der Waals surface area contributed by atoms with Crippen LogP contribution in [0.25, 0.3) is 0 Å². The summed E-state index contributed by atoms with van der Waals surface area (Å²) in [4.78, 5) is 0. The Kier molecular flexibility index (Phi) is 4.05. The van der Waals surface area contributed by atoms with E-state index in [9.17, 15) is 4.39 Å². The fraction of sp³-hybridized carbons (Fsp3) is 0.571. The van der Waals surface area contributed by atoms with Gasteiger partial charge in [-0.2, -0.15) is 0 Å². The Labute approximate surface area is 107 Å². The summed E-state index contributed by atoms with van der Waals surface area (Å²) < 4.78 is 13.0. The minimum Gasteiger partial charge on any atom is -0.306 e. The van der Waals surface area contributed by atoms with Crippen molar-refractivity contribution in [1.82, 2.24) is 5.32 Å². The van der Waals surface area contributed by atoms with Gasteiger partial charge in [0.25, 0.3) is 0 Å². The van der Waals surface area contributed by atoms with Gasteiger partial charge in [0, 0.05) is 18.0 Å². The molecule has 0 unspecified atom stereocenters. The highest BCUT2D eigenvalue weighted by atomic mass is 35.5. The van der Waals surface area contributed by atoms with Crippen LogP contribution in [0.2, 0.25) is 0 Å². The second-order valence-electron chi connectivity index (χ2n) is 5.05. The standard InChI is InChI=1S/C14H19ClFN/c1-11-8-13(16)5-4-12(11)9-17-14(10-15)6-2-3-7-14/h4-5,8,17H,2-3,6-7,9-10H2,1H3. The molecule has 0 spiro atoms. The summed E-state index contributed by atoms with van der Waals surface area (Å²) >= 11 is 6.07. The minimum absolute atomic E-state index is 0.0996. The van der Waals surface area contributed by atoms with E-state index in [-0.39, 0.29) is 11.4 Å². The molecule has 0 bridgehead atoms. The Morgan fingerprint density at radius 1 is 1.35 bits per heavy atom. The largest absolute Gasteiger partial charge is 0.306 e. The SMILES string of the molecule is Cc1cc(F)ccc1CNC1(CCl)CCCC1. The van der Waals surface area contributed by atoms with Crippen LogP contribution >= 0.6 is 11.6 Å². The Bertz CT molecular complexity index is 386. The third kappa shape index (κ3) is 2.99. The zero-order valence-corrected chi connectivity index (χ0v) is 11.0. The van der Waals surface area contributed by atoms with Crippen molar-refractivity contribution < 1.29 is 4.39 Å². The molecule has 0 heterocycles. The minimum atomic E-state index is -0.167. The first-order valence-corrected chi connectivity index (χ1v) is 6.75. The summed E-state index contributed by atoms with van der Waals surface area (Å²) in [5.74, 6) is 0.493. The zero-order valence-electron chi connectivity index (χ0n) is 10.2. The topological polar surface area (TPSA) is 12.0 Å². The van der Waals surface area contributed by atoms with Crippen LogP contribution < -0.4 is 5.32 Å². The first-order chi connectivity index (χ1) is 8.15. The number of aryl methyl sites for hydroxylation is 1. The van der Waals surface area contributed by atoms with Gasteiger partial charge in [-0.05, 0) is 43.0 Å². The van der Waals surface area contributed by atoms with Crippen LogP contribution in [0, 0.1) is 12.7 Å². The van der Waals surface area contributed by atoms with Crippen molar-refractivity contribution in [3.8, 4) is 0 Å². The van der Waals surface area contributed by atoms with E-state index in [1.165, 1.54) is 18.9 Å². The lowest BCUT2D eigenvalue weighted by molar-refractivity contribution is 0.367. The quantitative estimate of drug-likeness (QED) is 0.808. The van der Waals surface area contributed by atoms with E-state index >= 15 is 0 Å². The number of hydrogen-bond donors (Lipinski definition) is 1. The lowest BCUT2D eigenvalue weighted by Gasteiger charge is -2.28. The number of alkyl halides is 1. The maximum absolute atomic E-state index is 13.0. The normalized spacial score (nSPS) is 18.5. The number of halogens is 2. The molecule has 0 amide bonds. The summed E-state index contributed by atoms with van der Waals surface area (Å²) in [6.45, 7) is 2.72. The lowest BCUT2D eigenvalue weighted by atomic mass is 9.99. The third-order valence-electron chi connectivity index (χ3n) is 3.77. The summed E-state index contributed by atoms with van der Waals surface area (Å²) in [6, 6.07) is 4.96. The van der Waals surface area contributed by atoms with Crippen LogP contribution in [-0.2, 0) is 6.54 Å². The second kappa shape index (κ2) is 5.36. The average molecular weight is 256 g/mol. The highest BCUT2D eigenvalue weighted by Crippen LogP contribution is 2.31. The van der Waals surface area contributed by atoms with E-state index in [0.717, 1.165) is 30.5 Å². The Morgan fingerprint density at radius 2 is 2.06 bits per heavy atom. The van der Waals surface area contributed by atoms with Crippen LogP contribution in [0.15, 0.2) is 18.2 Å². The molecule has 3 heteroatoms. The van der Waals surface area contributed by atoms with Crippen LogP contribution in [0.1, 0.15) is 36.8 Å². The average Bonchev–Trinajstić information content (AvgIpc) is 2.77. The van der Waals surface area contributed by atoms with E-state index in [4.69, 9.17) is 11.6 Å². The number of rotatable bonds is 4. The zero-order chi connectivity index (χ0) is 12.3. The van der Waals surface area contributed by atoms with Crippen molar-refractivity contribution >= 4 is 11.6 Å². The van der Waals surface area contributed by atoms with E-state index in [1.807, 2.05) is 13.0 Å². The monoisotopic (exact) mass is 255 g/mol. The fourth-order valence-corrected chi connectivity index (χ4v) is 2.91. The molecular formula is C14H19ClFN. The van der Waals surface area contributed by atoms with Crippen molar-refractivity contribution in [2.24, 2.45) is 0 Å². The third-order valence-corrected chi connectivity index (χ3v) is 4.29. The molecule has 1 saturated carbocycles. The van der Waals surface area contributed by atoms with Gasteiger partial charge in [-0.15, -0.1) is 11.6 Å². The molecule has 1 aromatic carbocycles. The van der Waals surface area contributed by atoms with Gasteiger partial charge in [0.2, 0.25) is 0 Å². The maximum atomic E-state index is 13.0. The first kappa shape index (κ1) is 12.8. The van der Waals surface area contributed by atoms with Gasteiger partial charge in [0.15, 0.2) is 0 Å². The van der Waals surface area contributed by atoms with Gasteiger partial charge >= 0.3 is 0 Å². The van der Waals surface area contributed by atoms with Crippen LogP contribution in [0.4, 0.5) is 4.39 Å². The molecule has 0 atom stereocenters. The molecule has 94 valence electrons. The highest BCUT2D eigenvalue weighted by molar-refractivity contribution is 6.18. The summed E-state index contributed by atoms with van der Waals surface area (Å²) in [7, 11) is 0. The van der Waals surface area contributed by atoms with Crippen LogP contribution in [0.5, 0.6) is 0 Å². The van der Waals surface area contributed by atoms with Gasteiger partial charge in [-0.25, -0.2) is 4.39 Å². The van der Waals surface area contributed by atoms with Gasteiger partial charge in [0.05, 0.1) is 0 Å². The predicted octanol–water partition coefficient (Wildman–Crippen LogP) is 3.78. The fourth-order valence-electron chi connectivity index (χ4n) is 2.55. The molecule has 2 rings (SSSR count). The smallest absolute Gasteiger partial charge is 0.123 e. The maximum Gasteiger partial charge on any atom is 0.123 e. The lowest BCUT2D eigenvalue weighted by Crippen LogP contribution is -2.44. The van der Waals surface area contributed by atoms with Gasteiger partial charge in [-0.3, -0.25) is 0 Å². The summed E-state index contributed by atoms with van der Waals surface area (Å²) in [6.07, 6.45) is 4.80. The number of nitrogens with one attached hydrogen (secondary N) is 1. The molecule has 1 aliphatic carbocycles.